The first-order chi connectivity index (χ1) is 17.2. The van der Waals surface area contributed by atoms with Crippen LogP contribution in [0.1, 0.15) is 45.2 Å². The Labute approximate surface area is 216 Å². The normalized spacial score (nSPS) is 14.4. The lowest BCUT2D eigenvalue weighted by Crippen LogP contribution is -2.45. The van der Waals surface area contributed by atoms with Gasteiger partial charge in [-0.1, -0.05) is 47.7 Å². The van der Waals surface area contributed by atoms with Crippen molar-refractivity contribution >= 4 is 34.3 Å². The number of aromatic nitrogens is 2. The van der Waals surface area contributed by atoms with E-state index >= 15 is 0 Å². The van der Waals surface area contributed by atoms with Crippen LogP contribution in [0.15, 0.2) is 54.7 Å². The molecule has 0 bridgehead atoms. The zero-order valence-corrected chi connectivity index (χ0v) is 22.0. The molecule has 1 aliphatic heterocycles. The van der Waals surface area contributed by atoms with Crippen molar-refractivity contribution in [2.24, 2.45) is 0 Å². The maximum absolute atomic E-state index is 12.7. The monoisotopic (exact) mass is 507 g/mol. The summed E-state index contributed by atoms with van der Waals surface area (Å²) in [5.41, 5.74) is 1.56. The lowest BCUT2D eigenvalue weighted by Gasteiger charge is -2.33. The molecule has 2 aromatic heterocycles. The number of piperidine rings is 1. The minimum atomic E-state index is -0.590. The number of carbonyl (C=O) groups is 2. The number of rotatable bonds is 6. The van der Waals surface area contributed by atoms with Gasteiger partial charge in [0.25, 0.3) is 0 Å². The van der Waals surface area contributed by atoms with E-state index in [4.69, 9.17) is 9.72 Å². The highest BCUT2D eigenvalue weighted by molar-refractivity contribution is 7.18. The predicted octanol–water partition coefficient (Wildman–Crippen LogP) is 5.52. The second-order valence-electron chi connectivity index (χ2n) is 9.96. The molecular formula is C27H33N5O3S. The van der Waals surface area contributed by atoms with E-state index in [-0.39, 0.29) is 18.4 Å². The SMILES string of the molecule is CN(CC(=O)N1CCC(c2cccc(Nc3ncc(-c4ccccc4)s3)n2)CC1)C(=O)OC(C)(C)C. The van der Waals surface area contributed by atoms with Crippen LogP contribution in [0.3, 0.4) is 0 Å². The fraction of sp³-hybridized carbons (Fsp3) is 0.407. The highest BCUT2D eigenvalue weighted by atomic mass is 32.1. The van der Waals surface area contributed by atoms with E-state index < -0.39 is 11.7 Å². The van der Waals surface area contributed by atoms with E-state index in [9.17, 15) is 9.59 Å². The van der Waals surface area contributed by atoms with Gasteiger partial charge in [0.05, 0.1) is 4.88 Å². The van der Waals surface area contributed by atoms with Crippen LogP contribution in [-0.4, -0.2) is 64.1 Å². The molecule has 0 aliphatic carbocycles. The van der Waals surface area contributed by atoms with E-state index in [1.807, 2.05) is 68.3 Å². The zero-order valence-electron chi connectivity index (χ0n) is 21.2. The number of hydrogen-bond acceptors (Lipinski definition) is 7. The standard InChI is InChI=1S/C27H33N5O3S/c1-27(2,3)35-26(34)31(4)18-24(33)32-15-13-19(14-16-32)21-11-8-12-23(29-21)30-25-28-17-22(36-25)20-9-6-5-7-10-20/h5-12,17,19H,13-16,18H2,1-4H3,(H,28,29,30). The van der Waals surface area contributed by atoms with Crippen molar-refractivity contribution in [1.82, 2.24) is 19.8 Å². The van der Waals surface area contributed by atoms with Gasteiger partial charge in [0.2, 0.25) is 5.91 Å². The molecule has 1 N–H and O–H groups in total. The average molecular weight is 508 g/mol. The molecule has 3 heterocycles. The summed E-state index contributed by atoms with van der Waals surface area (Å²) in [6, 6.07) is 16.2. The van der Waals surface area contributed by atoms with Crippen LogP contribution >= 0.6 is 11.3 Å². The minimum Gasteiger partial charge on any atom is -0.444 e. The number of nitrogens with zero attached hydrogens (tertiary/aromatic N) is 4. The Bertz CT molecular complexity index is 1180. The number of thiazole rings is 1. The highest BCUT2D eigenvalue weighted by Crippen LogP contribution is 2.31. The van der Waals surface area contributed by atoms with Gasteiger partial charge in [0.15, 0.2) is 5.13 Å². The third-order valence-electron chi connectivity index (χ3n) is 5.91. The quantitative estimate of drug-likeness (QED) is 0.473. The van der Waals surface area contributed by atoms with Gasteiger partial charge in [-0.15, -0.1) is 0 Å². The van der Waals surface area contributed by atoms with Gasteiger partial charge in [-0.05, 0) is 51.3 Å². The molecule has 9 heteroatoms. The predicted molar refractivity (Wildman–Crippen MR) is 142 cm³/mol. The molecule has 0 unspecified atom stereocenters. The molecule has 1 saturated heterocycles. The number of benzene rings is 1. The van der Waals surface area contributed by atoms with Crippen molar-refractivity contribution in [1.29, 1.82) is 0 Å². The van der Waals surface area contributed by atoms with Gasteiger partial charge in [0.1, 0.15) is 18.0 Å². The second-order valence-corrected chi connectivity index (χ2v) is 11.0. The number of likely N-dealkylation sites (tertiary alicyclic amines) is 1. The van der Waals surface area contributed by atoms with Gasteiger partial charge >= 0.3 is 6.09 Å². The first kappa shape index (κ1) is 25.6. The van der Waals surface area contributed by atoms with Crippen molar-refractivity contribution in [3.63, 3.8) is 0 Å². The fourth-order valence-corrected chi connectivity index (χ4v) is 4.89. The summed E-state index contributed by atoms with van der Waals surface area (Å²) in [4.78, 5) is 38.5. The molecule has 0 saturated carbocycles. The highest BCUT2D eigenvalue weighted by Gasteiger charge is 2.27. The van der Waals surface area contributed by atoms with E-state index in [2.05, 4.69) is 22.4 Å². The summed E-state index contributed by atoms with van der Waals surface area (Å²) in [5, 5.41) is 4.13. The van der Waals surface area contributed by atoms with E-state index in [0.29, 0.717) is 13.1 Å². The van der Waals surface area contributed by atoms with Crippen LogP contribution in [0.2, 0.25) is 0 Å². The Morgan fingerprint density at radius 3 is 2.53 bits per heavy atom. The summed E-state index contributed by atoms with van der Waals surface area (Å²) < 4.78 is 5.34. The number of ether oxygens (including phenoxy) is 1. The molecule has 0 atom stereocenters. The van der Waals surface area contributed by atoms with Crippen LogP contribution < -0.4 is 5.32 Å². The summed E-state index contributed by atoms with van der Waals surface area (Å²) in [5.74, 6) is 0.970. The van der Waals surface area contributed by atoms with Gasteiger partial charge in [-0.2, -0.15) is 0 Å². The summed E-state index contributed by atoms with van der Waals surface area (Å²) >= 11 is 1.59. The van der Waals surface area contributed by atoms with Gasteiger partial charge < -0.3 is 19.9 Å². The van der Waals surface area contributed by atoms with Crippen molar-refractivity contribution in [2.45, 2.75) is 45.1 Å². The second kappa shape index (κ2) is 11.1. The maximum atomic E-state index is 12.7. The molecule has 0 radical (unpaired) electrons. The molecule has 36 heavy (non-hydrogen) atoms. The van der Waals surface area contributed by atoms with Crippen LogP contribution in [0.25, 0.3) is 10.4 Å². The summed E-state index contributed by atoms with van der Waals surface area (Å²) in [6.45, 7) is 6.71. The van der Waals surface area contributed by atoms with Gasteiger partial charge in [0, 0.05) is 37.9 Å². The molecule has 4 rings (SSSR count). The molecule has 190 valence electrons. The van der Waals surface area contributed by atoms with Crippen molar-refractivity contribution in [3.8, 4) is 10.4 Å². The number of amides is 2. The van der Waals surface area contributed by atoms with Crippen LogP contribution in [0.4, 0.5) is 15.7 Å². The van der Waals surface area contributed by atoms with E-state index in [0.717, 1.165) is 39.9 Å². The lowest BCUT2D eigenvalue weighted by molar-refractivity contribution is -0.133. The first-order valence-corrected chi connectivity index (χ1v) is 13.0. The van der Waals surface area contributed by atoms with E-state index in [1.54, 1.807) is 18.4 Å². The lowest BCUT2D eigenvalue weighted by atomic mass is 9.93. The van der Waals surface area contributed by atoms with E-state index in [1.165, 1.54) is 4.90 Å². The maximum Gasteiger partial charge on any atom is 0.410 e. The summed E-state index contributed by atoms with van der Waals surface area (Å²) in [7, 11) is 1.59. The Morgan fingerprint density at radius 1 is 1.11 bits per heavy atom. The Morgan fingerprint density at radius 2 is 1.83 bits per heavy atom. The number of pyridine rings is 1. The average Bonchev–Trinajstić information content (AvgIpc) is 3.32. The largest absolute Gasteiger partial charge is 0.444 e. The Kier molecular flexibility index (Phi) is 7.88. The number of anilines is 2. The number of nitrogens with one attached hydrogen (secondary N) is 1. The molecule has 8 nitrogen and oxygen atoms in total. The fourth-order valence-electron chi connectivity index (χ4n) is 4.06. The number of carbonyl (C=O) groups excluding carboxylic acids is 2. The van der Waals surface area contributed by atoms with Crippen molar-refractivity contribution in [3.05, 3.63) is 60.4 Å². The minimum absolute atomic E-state index is 0.00994. The van der Waals surface area contributed by atoms with Crippen molar-refractivity contribution in [2.75, 3.05) is 32.0 Å². The van der Waals surface area contributed by atoms with Crippen LogP contribution in [0, 0.1) is 0 Å². The molecule has 1 aromatic carbocycles. The summed E-state index contributed by atoms with van der Waals surface area (Å²) in [6.07, 6.45) is 3.04. The van der Waals surface area contributed by atoms with Crippen LogP contribution in [-0.2, 0) is 9.53 Å². The molecular weight excluding hydrogens is 474 g/mol. The molecule has 2 amide bonds. The number of likely N-dealkylation sites (N-methyl/N-ethyl adjacent to an activating group) is 1. The Balaban J connectivity index is 1.30. The van der Waals surface area contributed by atoms with Gasteiger partial charge in [-0.25, -0.2) is 14.8 Å². The number of hydrogen-bond donors (Lipinski definition) is 1. The molecule has 1 aliphatic rings. The Hall–Kier alpha value is -3.46. The van der Waals surface area contributed by atoms with Crippen molar-refractivity contribution < 1.29 is 14.3 Å². The molecule has 3 aromatic rings. The van der Waals surface area contributed by atoms with Crippen LogP contribution in [0.5, 0.6) is 0 Å². The third-order valence-corrected chi connectivity index (χ3v) is 6.88. The third kappa shape index (κ3) is 6.81. The topological polar surface area (TPSA) is 87.7 Å². The van der Waals surface area contributed by atoms with Gasteiger partial charge in [-0.3, -0.25) is 4.79 Å². The first-order valence-electron chi connectivity index (χ1n) is 12.1. The smallest absolute Gasteiger partial charge is 0.410 e. The molecule has 1 fully saturated rings. The zero-order chi connectivity index (χ0) is 25.7. The molecule has 0 spiro atoms.